The summed E-state index contributed by atoms with van der Waals surface area (Å²) in [5.74, 6) is -0.355. The van der Waals surface area contributed by atoms with E-state index in [1.54, 1.807) is 4.57 Å². The van der Waals surface area contributed by atoms with Gasteiger partial charge in [-0.25, -0.2) is 4.39 Å². The molecule has 3 rings (SSSR count). The summed E-state index contributed by atoms with van der Waals surface area (Å²) < 4.78 is 21.0. The minimum atomic E-state index is -0.355. The zero-order chi connectivity index (χ0) is 14.3. The zero-order valence-corrected chi connectivity index (χ0v) is 12.2. The van der Waals surface area contributed by atoms with Crippen molar-refractivity contribution in [2.45, 2.75) is 6.92 Å². The standard InChI is InChI=1S/C15H10FNOS2/c1-9-2-5-11(6-3-9)17-14(19)12-8-10(16)4-7-13(12)18-15(17)20/h2-8H,1H3. The largest absolute Gasteiger partial charge is 0.431 e. The van der Waals surface area contributed by atoms with Gasteiger partial charge in [0.25, 0.3) is 4.84 Å². The van der Waals surface area contributed by atoms with Gasteiger partial charge >= 0.3 is 0 Å². The lowest BCUT2D eigenvalue weighted by Crippen LogP contribution is -1.99. The van der Waals surface area contributed by atoms with Crippen molar-refractivity contribution in [2.24, 2.45) is 0 Å². The Hall–Kier alpha value is -1.85. The Labute approximate surface area is 125 Å². The lowest BCUT2D eigenvalue weighted by atomic mass is 10.2. The monoisotopic (exact) mass is 303 g/mol. The van der Waals surface area contributed by atoms with E-state index in [2.05, 4.69) is 0 Å². The second-order valence-corrected chi connectivity index (χ2v) is 5.22. The number of hydrogen-bond acceptors (Lipinski definition) is 3. The molecule has 1 heterocycles. The number of rotatable bonds is 1. The normalized spacial score (nSPS) is 10.9. The molecule has 2 aromatic carbocycles. The number of fused-ring (bicyclic) bond motifs is 1. The highest BCUT2D eigenvalue weighted by atomic mass is 32.1. The van der Waals surface area contributed by atoms with Gasteiger partial charge in [-0.15, -0.1) is 0 Å². The first-order valence-corrected chi connectivity index (χ1v) is 6.80. The molecule has 0 bridgehead atoms. The topological polar surface area (TPSA) is 18.1 Å². The molecular weight excluding hydrogens is 293 g/mol. The fraction of sp³-hybridized carbons (Fsp3) is 0.0667. The summed E-state index contributed by atoms with van der Waals surface area (Å²) in [6, 6.07) is 12.0. The molecule has 100 valence electrons. The average molecular weight is 303 g/mol. The Morgan fingerprint density at radius 2 is 1.75 bits per heavy atom. The van der Waals surface area contributed by atoms with Gasteiger partial charge in [-0.3, -0.25) is 4.57 Å². The van der Waals surface area contributed by atoms with Gasteiger partial charge in [-0.2, -0.15) is 0 Å². The average Bonchev–Trinajstić information content (AvgIpc) is 2.42. The fourth-order valence-corrected chi connectivity index (χ4v) is 2.71. The number of aryl methyl sites for hydroxylation is 1. The summed E-state index contributed by atoms with van der Waals surface area (Å²) in [6.07, 6.45) is 0. The van der Waals surface area contributed by atoms with E-state index in [4.69, 9.17) is 28.9 Å². The quantitative estimate of drug-likeness (QED) is 0.580. The maximum absolute atomic E-state index is 13.4. The smallest absolute Gasteiger partial charge is 0.274 e. The van der Waals surface area contributed by atoms with Crippen LogP contribution in [0.4, 0.5) is 4.39 Å². The van der Waals surface area contributed by atoms with Crippen LogP contribution >= 0.6 is 24.4 Å². The highest BCUT2D eigenvalue weighted by molar-refractivity contribution is 7.72. The maximum Gasteiger partial charge on any atom is 0.274 e. The Morgan fingerprint density at radius 1 is 1.05 bits per heavy atom. The molecule has 5 heteroatoms. The zero-order valence-electron chi connectivity index (χ0n) is 10.6. The van der Waals surface area contributed by atoms with E-state index in [1.807, 2.05) is 31.2 Å². The molecule has 2 nitrogen and oxygen atoms in total. The van der Waals surface area contributed by atoms with Crippen LogP contribution in [0.15, 0.2) is 46.9 Å². The first-order chi connectivity index (χ1) is 9.56. The molecule has 0 unspecified atom stereocenters. The van der Waals surface area contributed by atoms with Crippen LogP contribution in [0.25, 0.3) is 16.7 Å². The summed E-state index contributed by atoms with van der Waals surface area (Å²) in [7, 11) is 0. The van der Waals surface area contributed by atoms with Gasteiger partial charge in [0.2, 0.25) is 0 Å². The highest BCUT2D eigenvalue weighted by Gasteiger charge is 2.07. The fourth-order valence-electron chi connectivity index (χ4n) is 2.02. The van der Waals surface area contributed by atoms with Crippen LogP contribution in [0.5, 0.6) is 0 Å². The first-order valence-electron chi connectivity index (χ1n) is 5.99. The Kier molecular flexibility index (Phi) is 3.23. The van der Waals surface area contributed by atoms with Crippen LogP contribution in [0, 0.1) is 22.2 Å². The molecule has 3 aromatic rings. The third kappa shape index (κ3) is 2.19. The van der Waals surface area contributed by atoms with Crippen molar-refractivity contribution in [3.8, 4) is 5.69 Å². The van der Waals surface area contributed by atoms with Crippen LogP contribution in [-0.2, 0) is 0 Å². The van der Waals surface area contributed by atoms with Crippen molar-refractivity contribution < 1.29 is 8.81 Å². The molecule has 0 aliphatic carbocycles. The lowest BCUT2D eigenvalue weighted by Gasteiger charge is -2.09. The summed E-state index contributed by atoms with van der Waals surface area (Å²) >= 11 is 10.7. The van der Waals surface area contributed by atoms with E-state index in [9.17, 15) is 4.39 Å². The molecule has 0 aliphatic heterocycles. The molecule has 0 saturated heterocycles. The van der Waals surface area contributed by atoms with Crippen LogP contribution in [0.1, 0.15) is 5.56 Å². The van der Waals surface area contributed by atoms with Crippen molar-refractivity contribution in [1.82, 2.24) is 4.57 Å². The summed E-state index contributed by atoms with van der Waals surface area (Å²) in [5.41, 5.74) is 2.43. The third-order valence-electron chi connectivity index (χ3n) is 3.05. The molecule has 0 saturated carbocycles. The maximum atomic E-state index is 13.4. The first kappa shape index (κ1) is 13.1. The van der Waals surface area contributed by atoms with Crippen molar-refractivity contribution in [1.29, 1.82) is 0 Å². The minimum absolute atomic E-state index is 0.248. The van der Waals surface area contributed by atoms with Crippen LogP contribution in [0.2, 0.25) is 0 Å². The van der Waals surface area contributed by atoms with Crippen molar-refractivity contribution in [3.05, 3.63) is 63.3 Å². The predicted octanol–water partition coefficient (Wildman–Crippen LogP) is 5.13. The van der Waals surface area contributed by atoms with Crippen molar-refractivity contribution >= 4 is 35.4 Å². The van der Waals surface area contributed by atoms with E-state index in [-0.39, 0.29) is 10.7 Å². The molecule has 0 fully saturated rings. The van der Waals surface area contributed by atoms with Crippen LogP contribution in [0.3, 0.4) is 0 Å². The Bertz CT molecular complexity index is 910. The minimum Gasteiger partial charge on any atom is -0.431 e. The van der Waals surface area contributed by atoms with Gasteiger partial charge in [0.1, 0.15) is 16.0 Å². The van der Waals surface area contributed by atoms with Gasteiger partial charge in [-0.1, -0.05) is 29.9 Å². The molecular formula is C15H10FNOS2. The van der Waals surface area contributed by atoms with E-state index in [0.29, 0.717) is 15.6 Å². The molecule has 0 N–H and O–H groups in total. The number of aromatic nitrogens is 1. The summed E-state index contributed by atoms with van der Waals surface area (Å²) in [5, 5.41) is 0.536. The Balaban J connectivity index is 2.39. The molecule has 0 spiro atoms. The van der Waals surface area contributed by atoms with Gasteiger partial charge in [0.15, 0.2) is 0 Å². The third-order valence-corrected chi connectivity index (χ3v) is 3.72. The molecule has 1 aromatic heterocycles. The van der Waals surface area contributed by atoms with Gasteiger partial charge in [0.05, 0.1) is 11.1 Å². The van der Waals surface area contributed by atoms with Gasteiger partial charge < -0.3 is 4.42 Å². The Morgan fingerprint density at radius 3 is 2.45 bits per heavy atom. The number of nitrogens with zero attached hydrogens (tertiary/aromatic N) is 1. The lowest BCUT2D eigenvalue weighted by molar-refractivity contribution is 0.535. The van der Waals surface area contributed by atoms with Crippen LogP contribution < -0.4 is 0 Å². The molecule has 0 amide bonds. The number of hydrogen-bond donors (Lipinski definition) is 0. The van der Waals surface area contributed by atoms with Gasteiger partial charge in [0, 0.05) is 0 Å². The molecule has 0 aliphatic rings. The van der Waals surface area contributed by atoms with E-state index >= 15 is 0 Å². The second-order valence-electron chi connectivity index (χ2n) is 4.48. The van der Waals surface area contributed by atoms with Crippen molar-refractivity contribution in [3.63, 3.8) is 0 Å². The SMILES string of the molecule is Cc1ccc(-n2c(=S)oc3ccc(F)cc3c2=S)cc1. The summed E-state index contributed by atoms with van der Waals surface area (Å²) in [4.78, 5) is 0.248. The predicted molar refractivity (Wildman–Crippen MR) is 81.9 cm³/mol. The number of benzene rings is 2. The van der Waals surface area contributed by atoms with E-state index in [1.165, 1.54) is 18.2 Å². The second kappa shape index (κ2) is 4.92. The molecule has 0 radical (unpaired) electrons. The number of halogens is 1. The summed E-state index contributed by atoms with van der Waals surface area (Å²) in [6.45, 7) is 2.00. The highest BCUT2D eigenvalue weighted by Crippen LogP contribution is 2.21. The van der Waals surface area contributed by atoms with E-state index in [0.717, 1.165) is 11.3 Å². The van der Waals surface area contributed by atoms with E-state index < -0.39 is 0 Å². The van der Waals surface area contributed by atoms with Crippen molar-refractivity contribution in [2.75, 3.05) is 0 Å². The van der Waals surface area contributed by atoms with Crippen LogP contribution in [-0.4, -0.2) is 4.57 Å². The molecule has 0 atom stereocenters. The molecule has 20 heavy (non-hydrogen) atoms. The van der Waals surface area contributed by atoms with Gasteiger partial charge in [-0.05, 0) is 49.5 Å².